The Balaban J connectivity index is 0.00000115. The van der Waals surface area contributed by atoms with E-state index in [2.05, 4.69) is 154 Å². The standard InChI is InChI=1S/C29H41N2.C5H9.CHF3O3S.V/c1-18(2)24-13-11-14-25(19(3)4)28(24)30-22(9)17-23(10)31-29-26(20(5)6)15-12-16-27(29)21(7)8;1-5(2,3)4;2-1(3,4)8(5,6)7;/h11-21H,1-10H3;1-3H3;(H,5,6,7);/q-1;;;+1/b22-17-,31-23?;;;. The van der Waals surface area contributed by atoms with E-state index in [1.54, 1.807) is 0 Å². The van der Waals surface area contributed by atoms with E-state index in [-0.39, 0.29) is 5.41 Å². The summed E-state index contributed by atoms with van der Waals surface area (Å²) in [6.45, 7) is 28.4. The molecule has 0 bridgehead atoms. The Morgan fingerprint density at radius 2 is 1.13 bits per heavy atom. The monoisotopic (exact) mass is 687 g/mol. The van der Waals surface area contributed by atoms with Crippen molar-refractivity contribution in [2.45, 2.75) is 119 Å². The van der Waals surface area contributed by atoms with Gasteiger partial charge < -0.3 is 5.32 Å². The third-order valence-corrected chi connectivity index (χ3v) is 7.94. The number of hydrogen-bond acceptors (Lipinski definition) is 3. The van der Waals surface area contributed by atoms with Crippen LogP contribution in [-0.2, 0) is 26.9 Å². The van der Waals surface area contributed by atoms with Gasteiger partial charge in [-0.05, 0) is 41.7 Å². The topological polar surface area (TPSA) is 80.8 Å². The Morgan fingerprint density at radius 1 is 0.822 bits per heavy atom. The molecule has 0 spiro atoms. The smallest absolute Gasteiger partial charge is 0.279 e. The van der Waals surface area contributed by atoms with E-state index >= 15 is 0 Å². The number of aliphatic imine (C=N–C) groups is 1. The quantitative estimate of drug-likeness (QED) is 0.170. The Morgan fingerprint density at radius 3 is 1.40 bits per heavy atom. The Labute approximate surface area is 279 Å². The summed E-state index contributed by atoms with van der Waals surface area (Å²) in [5.41, 5.74) is 4.18. The molecule has 0 amide bonds. The van der Waals surface area contributed by atoms with Crippen molar-refractivity contribution in [3.05, 3.63) is 75.7 Å². The van der Waals surface area contributed by atoms with Gasteiger partial charge >= 0.3 is 63.1 Å². The minimum Gasteiger partial charge on any atom is -0.279 e. The van der Waals surface area contributed by atoms with Gasteiger partial charge in [0, 0.05) is 5.71 Å². The SMILES string of the molecule is CC(/C=C(/C)[N-]c1c(C(C)C)cccc1C(C)C)=Nc1c(C(C)C)cccc1C(C)C.CC(C)(C)[C]#[V+].O=S(=O)(O)C(F)(F)F. The summed E-state index contributed by atoms with van der Waals surface area (Å²) < 4.78 is 60.6. The van der Waals surface area contributed by atoms with Crippen LogP contribution in [0.5, 0.6) is 0 Å². The van der Waals surface area contributed by atoms with Crippen LogP contribution in [0, 0.1) is 9.95 Å². The molecule has 5 nitrogen and oxygen atoms in total. The number of benzene rings is 2. The molecule has 2 aromatic carbocycles. The van der Waals surface area contributed by atoms with Crippen LogP contribution in [-0.4, -0.2) is 24.2 Å². The van der Waals surface area contributed by atoms with Crippen molar-refractivity contribution < 1.29 is 42.9 Å². The number of rotatable bonds is 8. The van der Waals surface area contributed by atoms with Crippen molar-refractivity contribution >= 4 is 27.2 Å². The average Bonchev–Trinajstić information content (AvgIpc) is 2.87. The van der Waals surface area contributed by atoms with Gasteiger partial charge in [-0.3, -0.25) is 9.55 Å². The second-order valence-electron chi connectivity index (χ2n) is 13.1. The predicted molar refractivity (Wildman–Crippen MR) is 180 cm³/mol. The van der Waals surface area contributed by atoms with Crippen molar-refractivity contribution in [2.24, 2.45) is 10.4 Å². The first-order valence-electron chi connectivity index (χ1n) is 15.0. The molecule has 0 heterocycles. The number of hydrogen-bond donors (Lipinski definition) is 1. The van der Waals surface area contributed by atoms with E-state index in [1.807, 2.05) is 0 Å². The second kappa shape index (κ2) is 18.2. The predicted octanol–water partition coefficient (Wildman–Crippen LogP) is 11.8. The van der Waals surface area contributed by atoms with E-state index in [0.29, 0.717) is 23.7 Å². The van der Waals surface area contributed by atoms with Crippen LogP contribution in [0.2, 0.25) is 0 Å². The molecule has 0 aliphatic carbocycles. The summed E-state index contributed by atoms with van der Waals surface area (Å²) in [6, 6.07) is 13.1. The first-order valence-corrected chi connectivity index (χ1v) is 17.1. The molecule has 0 aliphatic heterocycles. The number of alkyl halides is 3. The van der Waals surface area contributed by atoms with Crippen molar-refractivity contribution in [2.75, 3.05) is 0 Å². The molecular weight excluding hydrogens is 636 g/mol. The summed E-state index contributed by atoms with van der Waals surface area (Å²) in [5.74, 6) is 1.75. The molecule has 0 aromatic heterocycles. The molecule has 0 atom stereocenters. The third kappa shape index (κ3) is 15.2. The van der Waals surface area contributed by atoms with Gasteiger partial charge in [-0.1, -0.05) is 116 Å². The van der Waals surface area contributed by atoms with Crippen LogP contribution >= 0.6 is 0 Å². The third-order valence-electron chi connectivity index (χ3n) is 6.31. The van der Waals surface area contributed by atoms with Crippen LogP contribution in [0.4, 0.5) is 24.5 Å². The maximum absolute atomic E-state index is 10.7. The van der Waals surface area contributed by atoms with Gasteiger partial charge in [-0.15, -0.1) is 5.69 Å². The summed E-state index contributed by atoms with van der Waals surface area (Å²) in [5, 5.41) is 5.08. The number of halogens is 3. The molecule has 45 heavy (non-hydrogen) atoms. The molecule has 10 heteroatoms. The summed E-state index contributed by atoms with van der Waals surface area (Å²) in [6.07, 6.45) is 2.11. The molecule has 0 saturated carbocycles. The molecule has 0 radical (unpaired) electrons. The summed E-state index contributed by atoms with van der Waals surface area (Å²) in [4.78, 5) is 5.08. The number of allylic oxidation sites excluding steroid dienone is 2. The normalized spacial score (nSPS) is 13.0. The zero-order valence-corrected chi connectivity index (χ0v) is 31.2. The van der Waals surface area contributed by atoms with E-state index < -0.39 is 15.6 Å². The first kappa shape index (κ1) is 42.7. The molecule has 0 unspecified atom stereocenters. The van der Waals surface area contributed by atoms with E-state index in [9.17, 15) is 13.2 Å². The Hall–Kier alpha value is -2.29. The molecule has 0 aliphatic rings. The summed E-state index contributed by atoms with van der Waals surface area (Å²) >= 11 is 2.35. The molecule has 251 valence electrons. The van der Waals surface area contributed by atoms with Gasteiger partial charge in [0.05, 0.1) is 5.69 Å². The van der Waals surface area contributed by atoms with Crippen molar-refractivity contribution in [3.8, 4) is 4.53 Å². The first-order chi connectivity index (χ1) is 20.3. The molecule has 2 aromatic rings. The van der Waals surface area contributed by atoms with Crippen molar-refractivity contribution in [3.63, 3.8) is 0 Å². The fraction of sp³-hybridized carbons (Fsp3) is 0.543. The minimum absolute atomic E-state index is 0.264. The number of para-hydroxylation sites is 2. The van der Waals surface area contributed by atoms with E-state index in [1.165, 1.54) is 22.3 Å². The Kier molecular flexibility index (Phi) is 17.2. The van der Waals surface area contributed by atoms with E-state index in [0.717, 1.165) is 22.8 Å². The van der Waals surface area contributed by atoms with Crippen molar-refractivity contribution in [1.82, 2.24) is 0 Å². The fourth-order valence-electron chi connectivity index (χ4n) is 4.00. The summed E-state index contributed by atoms with van der Waals surface area (Å²) in [7, 11) is -5.84. The number of nitrogens with zero attached hydrogens (tertiary/aromatic N) is 2. The zero-order chi connectivity index (χ0) is 35.5. The average molecular weight is 688 g/mol. The molecular formula is C35H51F3N2O3SV. The fourth-order valence-corrected chi connectivity index (χ4v) is 4.00. The molecule has 0 fully saturated rings. The Bertz CT molecular complexity index is 1410. The van der Waals surface area contributed by atoms with Gasteiger partial charge in [0.25, 0.3) is 0 Å². The van der Waals surface area contributed by atoms with Gasteiger partial charge in [0.2, 0.25) is 0 Å². The van der Waals surface area contributed by atoms with Gasteiger partial charge in [-0.2, -0.15) is 27.3 Å². The van der Waals surface area contributed by atoms with Crippen LogP contribution in [0.25, 0.3) is 5.32 Å². The maximum Gasteiger partial charge on any atom is 0.522 e. The molecule has 1 N–H and O–H groups in total. The largest absolute Gasteiger partial charge is 0.522 e. The second-order valence-corrected chi connectivity index (χ2v) is 14.9. The van der Waals surface area contributed by atoms with Crippen LogP contribution < -0.4 is 0 Å². The molecule has 0 saturated heterocycles. The van der Waals surface area contributed by atoms with Gasteiger partial charge in [0.1, 0.15) is 0 Å². The van der Waals surface area contributed by atoms with E-state index in [4.69, 9.17) is 23.3 Å². The zero-order valence-electron chi connectivity index (χ0n) is 29.0. The maximum atomic E-state index is 10.7. The minimum atomic E-state index is -5.84. The van der Waals surface area contributed by atoms with Gasteiger partial charge in [0.15, 0.2) is 0 Å². The van der Waals surface area contributed by atoms with Crippen LogP contribution in [0.1, 0.15) is 136 Å². The van der Waals surface area contributed by atoms with Crippen molar-refractivity contribution in [1.29, 1.82) is 0 Å². The van der Waals surface area contributed by atoms with Crippen LogP contribution in [0.15, 0.2) is 53.2 Å². The molecule has 2 rings (SSSR count). The van der Waals surface area contributed by atoms with Crippen LogP contribution in [0.3, 0.4) is 0 Å². The van der Waals surface area contributed by atoms with Gasteiger partial charge in [-0.25, -0.2) is 0 Å².